The number of nitrogens with zero attached hydrogens (tertiary/aromatic N) is 3. The van der Waals surface area contributed by atoms with Gasteiger partial charge in [0.1, 0.15) is 6.54 Å². The van der Waals surface area contributed by atoms with Gasteiger partial charge in [-0.15, -0.1) is 0 Å². The lowest BCUT2D eigenvalue weighted by atomic mass is 10.2. The van der Waals surface area contributed by atoms with Crippen LogP contribution in [0, 0.1) is 0 Å². The lowest BCUT2D eigenvalue weighted by Crippen LogP contribution is -2.36. The summed E-state index contributed by atoms with van der Waals surface area (Å²) in [7, 11) is 1.68. The Balaban J connectivity index is 0.000000640. The number of carbonyl (C=O) groups is 3. The maximum atomic E-state index is 12.6. The highest BCUT2D eigenvalue weighted by atomic mass is 32.1. The molecule has 0 aliphatic carbocycles. The summed E-state index contributed by atoms with van der Waals surface area (Å²) in [5.41, 5.74) is -0.734. The molecular weight excluding hydrogens is 392 g/mol. The Bertz CT molecular complexity index is 951. The predicted molar refractivity (Wildman–Crippen MR) is 98.7 cm³/mol. The molecule has 0 spiro atoms. The van der Waals surface area contributed by atoms with Crippen molar-refractivity contribution >= 4 is 34.6 Å². The molecule has 152 valence electrons. The zero-order valence-corrected chi connectivity index (χ0v) is 16.1. The Morgan fingerprint density at radius 3 is 2.68 bits per heavy atom. The molecule has 1 aliphatic heterocycles. The number of rotatable bonds is 5. The van der Waals surface area contributed by atoms with Crippen LogP contribution >= 0.6 is 11.3 Å². The van der Waals surface area contributed by atoms with E-state index in [-0.39, 0.29) is 4.96 Å². The molecule has 3 heterocycles. The number of amides is 2. The maximum absolute atomic E-state index is 12.6. The number of carboxylic acids is 1. The molecule has 0 saturated heterocycles. The number of hydrogen-bond acceptors (Lipinski definition) is 8. The summed E-state index contributed by atoms with van der Waals surface area (Å²) >= 11 is 1.15. The van der Waals surface area contributed by atoms with Crippen LogP contribution in [-0.2, 0) is 27.3 Å². The molecule has 0 unspecified atom stereocenters. The smallest absolute Gasteiger partial charge is 0.322 e. The fraction of sp³-hybridized carbons (Fsp3) is 0.438. The first-order chi connectivity index (χ1) is 13.3. The summed E-state index contributed by atoms with van der Waals surface area (Å²) in [5.74, 6) is -3.04. The van der Waals surface area contributed by atoms with Gasteiger partial charge >= 0.3 is 5.97 Å². The van der Waals surface area contributed by atoms with Crippen molar-refractivity contribution in [2.45, 2.75) is 19.9 Å². The van der Waals surface area contributed by atoms with Crippen molar-refractivity contribution in [3.05, 3.63) is 26.5 Å². The number of aliphatic carboxylic acids is 1. The van der Waals surface area contributed by atoms with E-state index in [9.17, 15) is 24.3 Å². The third kappa shape index (κ3) is 4.46. The van der Waals surface area contributed by atoms with Gasteiger partial charge in [-0.1, -0.05) is 11.3 Å². The molecule has 11 nitrogen and oxygen atoms in total. The topological polar surface area (TPSA) is 151 Å². The normalized spacial score (nSPS) is 12.7. The molecule has 0 saturated carbocycles. The standard InChI is InChI=1S/C13H12N4O6S.C3H8O/c18-5-16-2-1-6-7(4-16)24-13-15-11(22)9(12(23)17(6)13)10(21)14-3-8(19)20;1-3-4-2/h5,22H,1-4H2,(H,14,21)(H,19,20);3H2,1-2H3. The van der Waals surface area contributed by atoms with Gasteiger partial charge in [-0.25, -0.2) is 0 Å². The largest absolute Gasteiger partial charge is 0.492 e. The summed E-state index contributed by atoms with van der Waals surface area (Å²) in [6.07, 6.45) is 1.13. The number of thiazole rings is 1. The van der Waals surface area contributed by atoms with Crippen LogP contribution in [-0.4, -0.2) is 69.6 Å². The van der Waals surface area contributed by atoms with Gasteiger partial charge in [0.25, 0.3) is 11.5 Å². The van der Waals surface area contributed by atoms with E-state index >= 15 is 0 Å². The van der Waals surface area contributed by atoms with E-state index in [0.717, 1.165) is 22.8 Å². The molecule has 0 aromatic carbocycles. The zero-order valence-electron chi connectivity index (χ0n) is 15.3. The number of carboxylic acid groups (broad SMARTS) is 1. The highest BCUT2D eigenvalue weighted by Crippen LogP contribution is 2.27. The van der Waals surface area contributed by atoms with Gasteiger partial charge < -0.3 is 25.2 Å². The number of aromatic nitrogens is 2. The van der Waals surface area contributed by atoms with E-state index in [4.69, 9.17) is 5.11 Å². The van der Waals surface area contributed by atoms with E-state index in [1.54, 1.807) is 12.0 Å². The fourth-order valence-electron chi connectivity index (χ4n) is 2.51. The Morgan fingerprint density at radius 1 is 1.43 bits per heavy atom. The summed E-state index contributed by atoms with van der Waals surface area (Å²) in [4.78, 5) is 52.4. The van der Waals surface area contributed by atoms with Gasteiger partial charge in [-0.05, 0) is 6.92 Å². The Hall–Kier alpha value is -2.99. The molecular formula is C16H20N4O7S. The number of aromatic hydroxyl groups is 1. The van der Waals surface area contributed by atoms with E-state index in [1.165, 1.54) is 4.40 Å². The van der Waals surface area contributed by atoms with Crippen molar-refractivity contribution < 1.29 is 29.3 Å². The Morgan fingerprint density at radius 2 is 2.11 bits per heavy atom. The van der Waals surface area contributed by atoms with Crippen LogP contribution in [0.15, 0.2) is 4.79 Å². The molecule has 0 bridgehead atoms. The van der Waals surface area contributed by atoms with Crippen LogP contribution in [0.2, 0.25) is 0 Å². The van der Waals surface area contributed by atoms with Crippen LogP contribution < -0.4 is 10.9 Å². The molecule has 0 fully saturated rings. The van der Waals surface area contributed by atoms with Gasteiger partial charge in [0.2, 0.25) is 17.3 Å². The Kier molecular flexibility index (Phi) is 7.06. The average molecular weight is 412 g/mol. The number of fused-ring (bicyclic) bond motifs is 3. The van der Waals surface area contributed by atoms with E-state index in [2.05, 4.69) is 9.72 Å². The van der Waals surface area contributed by atoms with Crippen LogP contribution in [0.25, 0.3) is 4.96 Å². The number of hydrogen-bond donors (Lipinski definition) is 3. The highest BCUT2D eigenvalue weighted by Gasteiger charge is 2.26. The first-order valence-electron chi connectivity index (χ1n) is 8.28. The second kappa shape index (κ2) is 9.28. The summed E-state index contributed by atoms with van der Waals surface area (Å²) in [6, 6.07) is 0. The lowest BCUT2D eigenvalue weighted by Gasteiger charge is -2.22. The summed E-state index contributed by atoms with van der Waals surface area (Å²) in [5, 5.41) is 20.5. The monoisotopic (exact) mass is 412 g/mol. The van der Waals surface area contributed by atoms with Crippen LogP contribution in [0.4, 0.5) is 0 Å². The number of methoxy groups -OCH3 is 1. The van der Waals surface area contributed by atoms with Crippen LogP contribution in [0.1, 0.15) is 27.9 Å². The van der Waals surface area contributed by atoms with Gasteiger partial charge in [0, 0.05) is 37.3 Å². The quantitative estimate of drug-likeness (QED) is 0.553. The number of carbonyl (C=O) groups excluding carboxylic acids is 2. The highest BCUT2D eigenvalue weighted by molar-refractivity contribution is 7.17. The van der Waals surface area contributed by atoms with E-state index < -0.39 is 35.4 Å². The third-order valence-corrected chi connectivity index (χ3v) is 4.95. The van der Waals surface area contributed by atoms with Crippen LogP contribution in [0.3, 0.4) is 0 Å². The first kappa shape index (κ1) is 21.3. The molecule has 2 aromatic rings. The van der Waals surface area contributed by atoms with Gasteiger partial charge in [0.15, 0.2) is 5.56 Å². The minimum absolute atomic E-state index is 0.213. The van der Waals surface area contributed by atoms with Crippen molar-refractivity contribution in [3.63, 3.8) is 0 Å². The second-order valence-electron chi connectivity index (χ2n) is 5.69. The number of ether oxygens (including phenoxy) is 1. The van der Waals surface area contributed by atoms with Gasteiger partial charge in [0.05, 0.1) is 6.54 Å². The second-order valence-corrected chi connectivity index (χ2v) is 6.75. The molecule has 3 N–H and O–H groups in total. The molecule has 12 heteroatoms. The maximum Gasteiger partial charge on any atom is 0.322 e. The first-order valence-corrected chi connectivity index (χ1v) is 9.10. The molecule has 0 radical (unpaired) electrons. The van der Waals surface area contributed by atoms with Crippen molar-refractivity contribution in [1.29, 1.82) is 0 Å². The van der Waals surface area contributed by atoms with Crippen molar-refractivity contribution in [2.75, 3.05) is 26.8 Å². The van der Waals surface area contributed by atoms with Crippen LogP contribution in [0.5, 0.6) is 5.88 Å². The lowest BCUT2D eigenvalue weighted by molar-refractivity contribution is -0.135. The minimum Gasteiger partial charge on any atom is -0.492 e. The zero-order chi connectivity index (χ0) is 20.8. The van der Waals surface area contributed by atoms with Gasteiger partial charge in [-0.3, -0.25) is 23.6 Å². The molecule has 2 amide bonds. The van der Waals surface area contributed by atoms with Crippen molar-refractivity contribution in [3.8, 4) is 5.88 Å². The van der Waals surface area contributed by atoms with Crippen molar-refractivity contribution in [1.82, 2.24) is 19.6 Å². The summed E-state index contributed by atoms with van der Waals surface area (Å²) < 4.78 is 5.78. The SMILES string of the molecule is CCOC.O=CN1CCc2c(sc3nc(O)c(C(=O)NCC(=O)O)c(=O)n23)C1. The van der Waals surface area contributed by atoms with Crippen molar-refractivity contribution in [2.24, 2.45) is 0 Å². The summed E-state index contributed by atoms with van der Waals surface area (Å²) in [6.45, 7) is 2.85. The Labute approximate surface area is 163 Å². The van der Waals surface area contributed by atoms with E-state index in [1.807, 2.05) is 12.2 Å². The third-order valence-electron chi connectivity index (χ3n) is 3.89. The molecule has 2 aromatic heterocycles. The minimum atomic E-state index is -1.28. The fourth-order valence-corrected chi connectivity index (χ4v) is 3.69. The van der Waals surface area contributed by atoms with E-state index in [0.29, 0.717) is 31.6 Å². The average Bonchev–Trinajstić information content (AvgIpc) is 3.03. The van der Waals surface area contributed by atoms with Gasteiger partial charge in [-0.2, -0.15) is 4.98 Å². The molecule has 28 heavy (non-hydrogen) atoms. The molecule has 1 aliphatic rings. The number of nitrogens with one attached hydrogen (secondary N) is 1. The molecule has 3 rings (SSSR count). The molecule has 0 atom stereocenters. The predicted octanol–water partition coefficient (Wildman–Crippen LogP) is -0.557.